The van der Waals surface area contributed by atoms with E-state index in [1.165, 1.54) is 0 Å². The quantitative estimate of drug-likeness (QED) is 0.915. The molecule has 0 aliphatic heterocycles. The molecule has 2 rings (SSSR count). The fourth-order valence-electron chi connectivity index (χ4n) is 1.67. The summed E-state index contributed by atoms with van der Waals surface area (Å²) in [6.07, 6.45) is -3.57. The lowest BCUT2D eigenvalue weighted by Crippen LogP contribution is -2.27. The van der Waals surface area contributed by atoms with Gasteiger partial charge in [-0.25, -0.2) is 4.98 Å². The number of aromatic nitrogens is 1. The van der Waals surface area contributed by atoms with Crippen molar-refractivity contribution >= 4 is 11.6 Å². The monoisotopic (exact) mass is 295 g/mol. The summed E-state index contributed by atoms with van der Waals surface area (Å²) in [6, 6.07) is 9.66. The third-order valence-electron chi connectivity index (χ3n) is 2.76. The van der Waals surface area contributed by atoms with Crippen molar-refractivity contribution < 1.29 is 18.0 Å². The molecule has 1 heterocycles. The number of rotatable bonds is 3. The van der Waals surface area contributed by atoms with E-state index in [0.717, 1.165) is 18.3 Å². The van der Waals surface area contributed by atoms with E-state index in [1.54, 1.807) is 30.3 Å². The summed E-state index contributed by atoms with van der Waals surface area (Å²) >= 11 is 0. The standard InChI is InChI=1S/C14H12F3N3O/c15-14(16,17)11-7-6-10(8-19-11)20-13(21)12(18)9-4-2-1-3-5-9/h1-8,12H,18H2,(H,20,21)/t12-/m0/s1. The van der Waals surface area contributed by atoms with Crippen LogP contribution >= 0.6 is 0 Å². The van der Waals surface area contributed by atoms with E-state index in [1.807, 2.05) is 0 Å². The Morgan fingerprint density at radius 3 is 2.33 bits per heavy atom. The molecule has 4 nitrogen and oxygen atoms in total. The van der Waals surface area contributed by atoms with Crippen molar-refractivity contribution in [2.75, 3.05) is 5.32 Å². The molecule has 1 aromatic heterocycles. The Morgan fingerprint density at radius 1 is 1.14 bits per heavy atom. The van der Waals surface area contributed by atoms with E-state index in [0.29, 0.717) is 5.56 Å². The minimum Gasteiger partial charge on any atom is -0.323 e. The molecule has 0 bridgehead atoms. The molecule has 21 heavy (non-hydrogen) atoms. The van der Waals surface area contributed by atoms with Crippen LogP contribution in [0.15, 0.2) is 48.7 Å². The fourth-order valence-corrected chi connectivity index (χ4v) is 1.67. The molecular formula is C14H12F3N3O. The second-order valence-corrected chi connectivity index (χ2v) is 4.31. The number of nitrogens with zero attached hydrogens (tertiary/aromatic N) is 1. The van der Waals surface area contributed by atoms with Gasteiger partial charge in [0.2, 0.25) is 5.91 Å². The minimum absolute atomic E-state index is 0.152. The number of hydrogen-bond acceptors (Lipinski definition) is 3. The number of amides is 1. The van der Waals surface area contributed by atoms with Gasteiger partial charge in [-0.15, -0.1) is 0 Å². The second-order valence-electron chi connectivity index (χ2n) is 4.31. The van der Waals surface area contributed by atoms with Crippen molar-refractivity contribution in [2.24, 2.45) is 5.73 Å². The molecule has 0 saturated carbocycles. The molecule has 0 aliphatic carbocycles. The number of nitrogens with two attached hydrogens (primary N) is 1. The van der Waals surface area contributed by atoms with Gasteiger partial charge in [-0.2, -0.15) is 13.2 Å². The summed E-state index contributed by atoms with van der Waals surface area (Å²) in [6.45, 7) is 0. The van der Waals surface area contributed by atoms with Crippen LogP contribution in [0.2, 0.25) is 0 Å². The molecule has 1 atom stereocenters. The largest absolute Gasteiger partial charge is 0.433 e. The maximum absolute atomic E-state index is 12.4. The molecule has 0 unspecified atom stereocenters. The first-order valence-corrected chi connectivity index (χ1v) is 6.02. The van der Waals surface area contributed by atoms with Gasteiger partial charge in [0.05, 0.1) is 11.9 Å². The SMILES string of the molecule is N[C@H](C(=O)Nc1ccc(C(F)(F)F)nc1)c1ccccc1. The zero-order valence-electron chi connectivity index (χ0n) is 10.8. The highest BCUT2D eigenvalue weighted by Gasteiger charge is 2.32. The number of carbonyl (C=O) groups excluding carboxylic acids is 1. The third-order valence-corrected chi connectivity index (χ3v) is 2.76. The van der Waals surface area contributed by atoms with E-state index in [4.69, 9.17) is 5.73 Å². The number of carbonyl (C=O) groups is 1. The maximum atomic E-state index is 12.4. The summed E-state index contributed by atoms with van der Waals surface area (Å²) in [4.78, 5) is 15.2. The van der Waals surface area contributed by atoms with Gasteiger partial charge >= 0.3 is 6.18 Å². The van der Waals surface area contributed by atoms with Crippen molar-refractivity contribution in [3.8, 4) is 0 Å². The summed E-state index contributed by atoms with van der Waals surface area (Å²) in [7, 11) is 0. The van der Waals surface area contributed by atoms with Crippen LogP contribution in [0.4, 0.5) is 18.9 Å². The Kier molecular flexibility index (Phi) is 4.23. The maximum Gasteiger partial charge on any atom is 0.433 e. The van der Waals surface area contributed by atoms with E-state index < -0.39 is 23.8 Å². The molecule has 0 aliphatic rings. The molecule has 0 saturated heterocycles. The summed E-state index contributed by atoms with van der Waals surface area (Å²) in [5.74, 6) is -0.525. The van der Waals surface area contributed by atoms with Crippen LogP contribution < -0.4 is 11.1 Å². The topological polar surface area (TPSA) is 68.0 Å². The summed E-state index contributed by atoms with van der Waals surface area (Å²) < 4.78 is 37.1. The highest BCUT2D eigenvalue weighted by Crippen LogP contribution is 2.27. The number of anilines is 1. The van der Waals surface area contributed by atoms with Crippen LogP contribution in [0.5, 0.6) is 0 Å². The third kappa shape index (κ3) is 3.79. The first-order chi connectivity index (χ1) is 9.88. The Hall–Kier alpha value is -2.41. The van der Waals surface area contributed by atoms with E-state index >= 15 is 0 Å². The fraction of sp³-hybridized carbons (Fsp3) is 0.143. The Balaban J connectivity index is 2.06. The molecule has 0 fully saturated rings. The van der Waals surface area contributed by atoms with Gasteiger partial charge in [-0.3, -0.25) is 4.79 Å². The molecular weight excluding hydrogens is 283 g/mol. The van der Waals surface area contributed by atoms with E-state index in [9.17, 15) is 18.0 Å². The average molecular weight is 295 g/mol. The smallest absolute Gasteiger partial charge is 0.323 e. The van der Waals surface area contributed by atoms with Gasteiger partial charge in [-0.1, -0.05) is 30.3 Å². The van der Waals surface area contributed by atoms with E-state index in [2.05, 4.69) is 10.3 Å². The predicted molar refractivity (Wildman–Crippen MR) is 71.2 cm³/mol. The lowest BCUT2D eigenvalue weighted by Gasteiger charge is -2.13. The van der Waals surface area contributed by atoms with Gasteiger partial charge in [0, 0.05) is 0 Å². The number of pyridine rings is 1. The van der Waals surface area contributed by atoms with Crippen molar-refractivity contribution in [3.63, 3.8) is 0 Å². The number of alkyl halides is 3. The predicted octanol–water partition coefficient (Wildman–Crippen LogP) is 2.74. The number of halogens is 3. The normalized spacial score (nSPS) is 12.8. The molecule has 0 spiro atoms. The van der Waals surface area contributed by atoms with Gasteiger partial charge in [0.15, 0.2) is 0 Å². The lowest BCUT2D eigenvalue weighted by molar-refractivity contribution is -0.141. The summed E-state index contributed by atoms with van der Waals surface area (Å²) in [5, 5.41) is 2.43. The first-order valence-electron chi connectivity index (χ1n) is 6.02. The highest BCUT2D eigenvalue weighted by molar-refractivity contribution is 5.95. The Bertz CT molecular complexity index is 612. The van der Waals surface area contributed by atoms with Gasteiger partial charge in [0.25, 0.3) is 0 Å². The van der Waals surface area contributed by atoms with Crippen molar-refractivity contribution in [2.45, 2.75) is 12.2 Å². The minimum atomic E-state index is -4.51. The first kappa shape index (κ1) is 15.0. The molecule has 0 radical (unpaired) electrons. The molecule has 7 heteroatoms. The van der Waals surface area contributed by atoms with Crippen LogP contribution in [0, 0.1) is 0 Å². The van der Waals surface area contributed by atoms with Crippen LogP contribution in [0.3, 0.4) is 0 Å². The number of benzene rings is 1. The van der Waals surface area contributed by atoms with Gasteiger partial charge in [-0.05, 0) is 17.7 Å². The average Bonchev–Trinajstić information content (AvgIpc) is 2.47. The van der Waals surface area contributed by atoms with Gasteiger partial charge in [0.1, 0.15) is 11.7 Å². The lowest BCUT2D eigenvalue weighted by atomic mass is 10.1. The highest BCUT2D eigenvalue weighted by atomic mass is 19.4. The zero-order valence-corrected chi connectivity index (χ0v) is 10.8. The number of nitrogens with one attached hydrogen (secondary N) is 1. The molecule has 110 valence electrons. The van der Waals surface area contributed by atoms with Gasteiger partial charge < -0.3 is 11.1 Å². The van der Waals surface area contributed by atoms with Crippen molar-refractivity contribution in [3.05, 3.63) is 59.9 Å². The molecule has 2 aromatic rings. The van der Waals surface area contributed by atoms with Crippen LogP contribution in [-0.4, -0.2) is 10.9 Å². The molecule has 3 N–H and O–H groups in total. The molecule has 1 amide bonds. The molecule has 1 aromatic carbocycles. The zero-order chi connectivity index (χ0) is 15.5. The number of hydrogen-bond donors (Lipinski definition) is 2. The van der Waals surface area contributed by atoms with Crippen molar-refractivity contribution in [1.82, 2.24) is 4.98 Å². The van der Waals surface area contributed by atoms with Crippen LogP contribution in [-0.2, 0) is 11.0 Å². The Morgan fingerprint density at radius 2 is 1.81 bits per heavy atom. The van der Waals surface area contributed by atoms with E-state index in [-0.39, 0.29) is 5.69 Å². The van der Waals surface area contributed by atoms with Crippen molar-refractivity contribution in [1.29, 1.82) is 0 Å². The summed E-state index contributed by atoms with van der Waals surface area (Å²) in [5.41, 5.74) is 5.51. The Labute approximate surface area is 118 Å². The van der Waals surface area contributed by atoms with Crippen LogP contribution in [0.25, 0.3) is 0 Å². The second kappa shape index (κ2) is 5.92. The van der Waals surface area contributed by atoms with Crippen LogP contribution in [0.1, 0.15) is 17.3 Å².